The predicted octanol–water partition coefficient (Wildman–Crippen LogP) is 2.33. The molecule has 24 heavy (non-hydrogen) atoms. The zero-order valence-corrected chi connectivity index (χ0v) is 14.6. The molecule has 0 bridgehead atoms. The van der Waals surface area contributed by atoms with Crippen LogP contribution in [0.2, 0.25) is 5.02 Å². The average molecular weight is 354 g/mol. The lowest BCUT2D eigenvalue weighted by atomic mass is 10.2. The lowest BCUT2D eigenvalue weighted by Crippen LogP contribution is -2.26. The fraction of sp³-hybridized carbons (Fsp3) is 0.375. The second-order valence-corrected chi connectivity index (χ2v) is 5.01. The third-order valence-electron chi connectivity index (χ3n) is 3.02. The van der Waals surface area contributed by atoms with E-state index in [4.69, 9.17) is 31.1 Å². The van der Waals surface area contributed by atoms with E-state index in [1.54, 1.807) is 19.2 Å². The Bertz CT molecular complexity index is 641. The van der Waals surface area contributed by atoms with Crippen molar-refractivity contribution >= 4 is 23.2 Å². The molecule has 0 heterocycles. The van der Waals surface area contributed by atoms with Crippen LogP contribution in [0.1, 0.15) is 6.42 Å². The van der Waals surface area contributed by atoms with E-state index in [2.05, 4.69) is 10.6 Å². The Balaban J connectivity index is 2.85. The molecule has 0 aliphatic rings. The summed E-state index contributed by atoms with van der Waals surface area (Å²) in [4.78, 5) is 11.9. The quantitative estimate of drug-likeness (QED) is 0.402. The Kier molecular flexibility index (Phi) is 8.47. The molecule has 1 amide bonds. The Morgan fingerprint density at radius 2 is 2.00 bits per heavy atom. The van der Waals surface area contributed by atoms with E-state index < -0.39 is 5.91 Å². The maximum absolute atomic E-state index is 11.9. The van der Waals surface area contributed by atoms with E-state index in [1.807, 2.05) is 6.07 Å². The zero-order valence-electron chi connectivity index (χ0n) is 13.8. The van der Waals surface area contributed by atoms with Crippen LogP contribution in [0.5, 0.6) is 11.5 Å². The largest absolute Gasteiger partial charge is 0.495 e. The van der Waals surface area contributed by atoms with Crippen molar-refractivity contribution in [3.8, 4) is 17.6 Å². The number of ether oxygens (including phenoxy) is 3. The number of benzene rings is 1. The maximum atomic E-state index is 11.9. The molecule has 7 nitrogen and oxygen atoms in total. The summed E-state index contributed by atoms with van der Waals surface area (Å²) in [5.74, 6) is 0.423. The van der Waals surface area contributed by atoms with E-state index in [1.165, 1.54) is 20.4 Å². The van der Waals surface area contributed by atoms with Crippen molar-refractivity contribution in [2.45, 2.75) is 6.42 Å². The van der Waals surface area contributed by atoms with Crippen molar-refractivity contribution < 1.29 is 19.0 Å². The smallest absolute Gasteiger partial charge is 0.263 e. The molecule has 130 valence electrons. The van der Waals surface area contributed by atoms with Gasteiger partial charge in [-0.25, -0.2) is 0 Å². The number of hydrogen-bond acceptors (Lipinski definition) is 6. The number of nitrogens with one attached hydrogen (secondary N) is 2. The summed E-state index contributed by atoms with van der Waals surface area (Å²) in [5, 5.41) is 15.0. The normalized spacial score (nSPS) is 10.7. The number of carbonyl (C=O) groups excluding carboxylic acids is 1. The molecule has 0 fully saturated rings. The second kappa shape index (κ2) is 10.4. The molecule has 0 aromatic heterocycles. The van der Waals surface area contributed by atoms with Crippen LogP contribution in [0.25, 0.3) is 0 Å². The molecule has 0 radical (unpaired) electrons. The van der Waals surface area contributed by atoms with Gasteiger partial charge in [0.2, 0.25) is 0 Å². The summed E-state index contributed by atoms with van der Waals surface area (Å²) in [6.07, 6.45) is 1.97. The first-order valence-corrected chi connectivity index (χ1v) is 7.50. The Morgan fingerprint density at radius 1 is 1.29 bits per heavy atom. The summed E-state index contributed by atoms with van der Waals surface area (Å²) in [6, 6.07) is 5.04. The van der Waals surface area contributed by atoms with Crippen LogP contribution >= 0.6 is 11.6 Å². The van der Waals surface area contributed by atoms with Crippen LogP contribution in [-0.2, 0) is 9.53 Å². The van der Waals surface area contributed by atoms with Crippen molar-refractivity contribution in [1.29, 1.82) is 5.26 Å². The van der Waals surface area contributed by atoms with Crippen LogP contribution in [-0.4, -0.2) is 40.4 Å². The van der Waals surface area contributed by atoms with E-state index in [0.717, 1.165) is 0 Å². The highest BCUT2D eigenvalue weighted by atomic mass is 35.5. The van der Waals surface area contributed by atoms with Crippen LogP contribution in [0.3, 0.4) is 0 Å². The van der Waals surface area contributed by atoms with Crippen molar-refractivity contribution in [1.82, 2.24) is 5.32 Å². The van der Waals surface area contributed by atoms with Gasteiger partial charge >= 0.3 is 0 Å². The van der Waals surface area contributed by atoms with Crippen molar-refractivity contribution in [2.24, 2.45) is 0 Å². The lowest BCUT2D eigenvalue weighted by molar-refractivity contribution is -0.117. The molecule has 0 unspecified atom stereocenters. The number of amides is 1. The van der Waals surface area contributed by atoms with E-state index in [9.17, 15) is 4.79 Å². The van der Waals surface area contributed by atoms with Crippen molar-refractivity contribution in [3.63, 3.8) is 0 Å². The standard InChI is InChI=1S/C16H20ClN3O4/c1-22-6-4-5-19-16(21)11(9-18)10-20-13-8-14(23-2)12(17)7-15(13)24-3/h7-8,10,20H,4-6H2,1-3H3,(H,19,21)/b11-10-. The van der Waals surface area contributed by atoms with Crippen molar-refractivity contribution in [3.05, 3.63) is 28.9 Å². The fourth-order valence-corrected chi connectivity index (χ4v) is 2.02. The molecule has 0 aliphatic heterocycles. The highest BCUT2D eigenvalue weighted by Gasteiger charge is 2.11. The predicted molar refractivity (Wildman–Crippen MR) is 91.4 cm³/mol. The van der Waals surface area contributed by atoms with Crippen LogP contribution in [0.4, 0.5) is 5.69 Å². The highest BCUT2D eigenvalue weighted by Crippen LogP contribution is 2.35. The number of rotatable bonds is 9. The fourth-order valence-electron chi connectivity index (χ4n) is 1.79. The molecule has 0 saturated carbocycles. The van der Waals surface area contributed by atoms with Gasteiger partial charge in [-0.1, -0.05) is 11.6 Å². The van der Waals surface area contributed by atoms with Gasteiger partial charge in [-0.3, -0.25) is 4.79 Å². The molecule has 1 aromatic carbocycles. The molecular formula is C16H20ClN3O4. The summed E-state index contributed by atoms with van der Waals surface area (Å²) >= 11 is 6.03. The molecule has 0 saturated heterocycles. The lowest BCUT2D eigenvalue weighted by Gasteiger charge is -2.12. The number of halogens is 1. The first kappa shape index (κ1) is 19.6. The van der Waals surface area contributed by atoms with Gasteiger partial charge < -0.3 is 24.8 Å². The SMILES string of the molecule is COCCCNC(=O)/C(C#N)=C\Nc1cc(OC)c(Cl)cc1OC. The summed E-state index contributed by atoms with van der Waals surface area (Å²) in [5.41, 5.74) is 0.446. The molecule has 0 atom stereocenters. The van der Waals surface area contributed by atoms with Gasteiger partial charge in [0.05, 0.1) is 24.9 Å². The number of hydrogen-bond donors (Lipinski definition) is 2. The summed E-state index contributed by atoms with van der Waals surface area (Å²) in [7, 11) is 4.56. The first-order chi connectivity index (χ1) is 11.6. The number of methoxy groups -OCH3 is 3. The molecule has 1 rings (SSSR count). The molecule has 2 N–H and O–H groups in total. The van der Waals surface area contributed by atoms with Gasteiger partial charge in [-0.15, -0.1) is 0 Å². The molecule has 1 aromatic rings. The topological polar surface area (TPSA) is 92.6 Å². The molecule has 0 aliphatic carbocycles. The van der Waals surface area contributed by atoms with Gasteiger partial charge in [-0.2, -0.15) is 5.26 Å². The summed E-state index contributed by atoms with van der Waals surface area (Å²) in [6.45, 7) is 0.954. The Labute approximate surface area is 146 Å². The second-order valence-electron chi connectivity index (χ2n) is 4.60. The monoisotopic (exact) mass is 353 g/mol. The van der Waals surface area contributed by atoms with E-state index in [0.29, 0.717) is 41.8 Å². The molecule has 8 heteroatoms. The minimum atomic E-state index is -0.471. The van der Waals surface area contributed by atoms with Gasteiger partial charge in [-0.05, 0) is 6.42 Å². The Morgan fingerprint density at radius 3 is 2.58 bits per heavy atom. The number of anilines is 1. The molecule has 0 spiro atoms. The average Bonchev–Trinajstić information content (AvgIpc) is 2.59. The number of nitrogens with zero attached hydrogens (tertiary/aromatic N) is 1. The van der Waals surface area contributed by atoms with Gasteiger partial charge in [0.1, 0.15) is 23.1 Å². The zero-order chi connectivity index (χ0) is 17.9. The Hall–Kier alpha value is -2.43. The summed E-state index contributed by atoms with van der Waals surface area (Å²) < 4.78 is 15.2. The number of nitriles is 1. The van der Waals surface area contributed by atoms with E-state index in [-0.39, 0.29) is 5.57 Å². The van der Waals surface area contributed by atoms with E-state index >= 15 is 0 Å². The molecular weight excluding hydrogens is 334 g/mol. The van der Waals surface area contributed by atoms with Gasteiger partial charge in [0.15, 0.2) is 0 Å². The van der Waals surface area contributed by atoms with Gasteiger partial charge in [0.25, 0.3) is 5.91 Å². The van der Waals surface area contributed by atoms with Crippen molar-refractivity contribution in [2.75, 3.05) is 39.8 Å². The first-order valence-electron chi connectivity index (χ1n) is 7.12. The highest BCUT2D eigenvalue weighted by molar-refractivity contribution is 6.32. The van der Waals surface area contributed by atoms with Gasteiger partial charge in [0, 0.05) is 38.6 Å². The third-order valence-corrected chi connectivity index (χ3v) is 3.32. The van der Waals surface area contributed by atoms with Crippen LogP contribution in [0.15, 0.2) is 23.9 Å². The minimum Gasteiger partial charge on any atom is -0.495 e. The maximum Gasteiger partial charge on any atom is 0.263 e. The van der Waals surface area contributed by atoms with Crippen LogP contribution in [0, 0.1) is 11.3 Å². The minimum absolute atomic E-state index is 0.0663. The third kappa shape index (κ3) is 5.65. The van der Waals surface area contributed by atoms with Crippen LogP contribution < -0.4 is 20.1 Å². The number of carbonyl (C=O) groups is 1.